The highest BCUT2D eigenvalue weighted by atomic mass is 16.1. The van der Waals surface area contributed by atoms with Gasteiger partial charge in [0, 0.05) is 70.2 Å². The van der Waals surface area contributed by atoms with Crippen molar-refractivity contribution in [1.82, 2.24) is 14.9 Å². The average Bonchev–Trinajstić information content (AvgIpc) is 3.50. The SMILES string of the molecule is CCN(CC)c1ccc(CN2CCN(c3ccc(C=O)c4c3N(CC)c3c(ccc5[nH]cnc35)N4CC)CC2)cc1. The summed E-state index contributed by atoms with van der Waals surface area (Å²) in [6.45, 7) is 17.2. The van der Waals surface area contributed by atoms with E-state index in [2.05, 4.69) is 99.6 Å². The third-order valence-corrected chi connectivity index (χ3v) is 8.75. The highest BCUT2D eigenvalue weighted by Gasteiger charge is 2.35. The second-order valence-electron chi connectivity index (χ2n) is 10.8. The van der Waals surface area contributed by atoms with Crippen LogP contribution in [0.2, 0.25) is 0 Å². The van der Waals surface area contributed by atoms with Gasteiger partial charge in [0.05, 0.1) is 40.3 Å². The molecule has 0 spiro atoms. The third-order valence-electron chi connectivity index (χ3n) is 8.75. The molecule has 8 heteroatoms. The molecule has 0 saturated carbocycles. The first-order chi connectivity index (χ1) is 20.1. The van der Waals surface area contributed by atoms with Gasteiger partial charge in [0.25, 0.3) is 0 Å². The molecule has 2 aliphatic rings. The number of benzene rings is 3. The van der Waals surface area contributed by atoms with Crippen LogP contribution in [0.4, 0.5) is 34.1 Å². The molecule has 41 heavy (non-hydrogen) atoms. The van der Waals surface area contributed by atoms with Gasteiger partial charge in [-0.1, -0.05) is 12.1 Å². The van der Waals surface area contributed by atoms with Crippen LogP contribution in [-0.4, -0.2) is 73.5 Å². The van der Waals surface area contributed by atoms with E-state index in [0.717, 1.165) is 105 Å². The minimum absolute atomic E-state index is 0.726. The Kier molecular flexibility index (Phi) is 7.58. The van der Waals surface area contributed by atoms with Crippen LogP contribution in [0.3, 0.4) is 0 Å². The van der Waals surface area contributed by atoms with Crippen molar-refractivity contribution in [2.45, 2.75) is 34.2 Å². The molecule has 1 fully saturated rings. The number of hydrogen-bond donors (Lipinski definition) is 1. The number of H-pyrrole nitrogens is 1. The van der Waals surface area contributed by atoms with Gasteiger partial charge < -0.3 is 24.6 Å². The molecule has 214 valence electrons. The zero-order valence-corrected chi connectivity index (χ0v) is 24.7. The number of fused-ring (bicyclic) bond motifs is 4. The fourth-order valence-electron chi connectivity index (χ4n) is 6.63. The molecule has 0 radical (unpaired) electrons. The molecule has 8 nitrogen and oxygen atoms in total. The molecular formula is C33H41N7O. The molecule has 1 saturated heterocycles. The lowest BCUT2D eigenvalue weighted by molar-refractivity contribution is 0.112. The van der Waals surface area contributed by atoms with Crippen LogP contribution in [-0.2, 0) is 6.54 Å². The zero-order chi connectivity index (χ0) is 28.5. The number of carbonyl (C=O) groups is 1. The van der Waals surface area contributed by atoms with E-state index in [1.807, 2.05) is 6.07 Å². The van der Waals surface area contributed by atoms with E-state index in [-0.39, 0.29) is 0 Å². The highest BCUT2D eigenvalue weighted by Crippen LogP contribution is 2.54. The normalized spacial score (nSPS) is 15.3. The summed E-state index contributed by atoms with van der Waals surface area (Å²) >= 11 is 0. The fourth-order valence-corrected chi connectivity index (χ4v) is 6.63. The lowest BCUT2D eigenvalue weighted by Crippen LogP contribution is -2.46. The molecule has 1 N–H and O–H groups in total. The molecule has 2 aliphatic heterocycles. The molecule has 4 aromatic rings. The van der Waals surface area contributed by atoms with Crippen LogP contribution in [0.15, 0.2) is 54.9 Å². The van der Waals surface area contributed by atoms with Gasteiger partial charge in [-0.05, 0) is 69.7 Å². The van der Waals surface area contributed by atoms with Gasteiger partial charge in [-0.3, -0.25) is 9.69 Å². The van der Waals surface area contributed by atoms with Gasteiger partial charge in [0.15, 0.2) is 6.29 Å². The summed E-state index contributed by atoms with van der Waals surface area (Å²) in [4.78, 5) is 32.4. The number of nitrogens with zero attached hydrogens (tertiary/aromatic N) is 6. The number of nitrogens with one attached hydrogen (secondary N) is 1. The summed E-state index contributed by atoms with van der Waals surface area (Å²) in [7, 11) is 0. The number of aromatic nitrogens is 2. The minimum Gasteiger partial charge on any atom is -0.372 e. The molecule has 0 bridgehead atoms. The molecular weight excluding hydrogens is 510 g/mol. The Hall–Kier alpha value is -4.04. The van der Waals surface area contributed by atoms with E-state index in [1.54, 1.807) is 6.33 Å². The topological polar surface area (TPSA) is 62.0 Å². The van der Waals surface area contributed by atoms with Crippen molar-refractivity contribution in [2.75, 3.05) is 72.0 Å². The van der Waals surface area contributed by atoms with Crippen molar-refractivity contribution in [3.05, 3.63) is 66.0 Å². The number of carbonyl (C=O) groups excluding carboxylic acids is 1. The summed E-state index contributed by atoms with van der Waals surface area (Å²) in [5, 5.41) is 0. The van der Waals surface area contributed by atoms with E-state index in [4.69, 9.17) is 4.98 Å². The Morgan fingerprint density at radius 1 is 0.805 bits per heavy atom. The average molecular weight is 552 g/mol. The first-order valence-corrected chi connectivity index (χ1v) is 15.1. The summed E-state index contributed by atoms with van der Waals surface area (Å²) in [5.41, 5.74) is 10.9. The van der Waals surface area contributed by atoms with Gasteiger partial charge >= 0.3 is 0 Å². The number of anilines is 6. The van der Waals surface area contributed by atoms with Crippen LogP contribution < -0.4 is 19.6 Å². The lowest BCUT2D eigenvalue weighted by atomic mass is 10.00. The molecule has 3 heterocycles. The summed E-state index contributed by atoms with van der Waals surface area (Å²) in [6, 6.07) is 17.5. The summed E-state index contributed by atoms with van der Waals surface area (Å²) in [6.07, 6.45) is 2.77. The number of piperazine rings is 1. The van der Waals surface area contributed by atoms with E-state index in [1.165, 1.54) is 16.9 Å². The Morgan fingerprint density at radius 2 is 1.51 bits per heavy atom. The minimum atomic E-state index is 0.726. The number of rotatable bonds is 9. The third kappa shape index (κ3) is 4.70. The van der Waals surface area contributed by atoms with Crippen LogP contribution in [0.25, 0.3) is 11.0 Å². The second kappa shape index (κ2) is 11.4. The molecule has 1 aromatic heterocycles. The van der Waals surface area contributed by atoms with Crippen molar-refractivity contribution >= 4 is 51.4 Å². The van der Waals surface area contributed by atoms with Crippen molar-refractivity contribution in [2.24, 2.45) is 0 Å². The van der Waals surface area contributed by atoms with E-state index in [0.29, 0.717) is 0 Å². The quantitative estimate of drug-likeness (QED) is 0.250. The Balaban J connectivity index is 1.29. The Labute approximate surface area is 243 Å². The molecule has 3 aromatic carbocycles. The van der Waals surface area contributed by atoms with Crippen molar-refractivity contribution in [1.29, 1.82) is 0 Å². The maximum absolute atomic E-state index is 12.3. The Bertz CT molecular complexity index is 1520. The molecule has 0 aliphatic carbocycles. The van der Waals surface area contributed by atoms with Crippen LogP contribution in [0.1, 0.15) is 43.6 Å². The van der Waals surface area contributed by atoms with Gasteiger partial charge in [0.2, 0.25) is 0 Å². The smallest absolute Gasteiger partial charge is 0.152 e. The highest BCUT2D eigenvalue weighted by molar-refractivity contribution is 6.10. The van der Waals surface area contributed by atoms with Crippen molar-refractivity contribution in [3.8, 4) is 0 Å². The molecule has 0 amide bonds. The predicted molar refractivity (Wildman–Crippen MR) is 171 cm³/mol. The van der Waals surface area contributed by atoms with Crippen LogP contribution in [0, 0.1) is 0 Å². The standard InChI is InChI=1S/C33H41N7O/c1-5-37(6-2)26-12-9-24(10-13-26)21-36-17-19-38(20-18-36)28-15-11-25(22-41)31-33(28)40(8-4)32-29(39(31)7-3)16-14-27-30(32)35-23-34-27/h9-16,22-23H,5-8,17-21H2,1-4H3,(H,34,35). The van der Waals surface area contributed by atoms with Crippen LogP contribution >= 0.6 is 0 Å². The summed E-state index contributed by atoms with van der Waals surface area (Å²) < 4.78 is 0. The Morgan fingerprint density at radius 3 is 2.17 bits per heavy atom. The van der Waals surface area contributed by atoms with Gasteiger partial charge in [-0.15, -0.1) is 0 Å². The molecule has 6 rings (SSSR count). The van der Waals surface area contributed by atoms with E-state index in [9.17, 15) is 4.79 Å². The van der Waals surface area contributed by atoms with Crippen molar-refractivity contribution in [3.63, 3.8) is 0 Å². The maximum atomic E-state index is 12.3. The molecule has 0 unspecified atom stereocenters. The maximum Gasteiger partial charge on any atom is 0.152 e. The van der Waals surface area contributed by atoms with Gasteiger partial charge in [0.1, 0.15) is 5.52 Å². The number of aldehydes is 1. The zero-order valence-electron chi connectivity index (χ0n) is 24.7. The molecule has 0 atom stereocenters. The summed E-state index contributed by atoms with van der Waals surface area (Å²) in [5.74, 6) is 0. The lowest BCUT2D eigenvalue weighted by Gasteiger charge is -2.44. The second-order valence-corrected chi connectivity index (χ2v) is 10.8. The van der Waals surface area contributed by atoms with Crippen LogP contribution in [0.5, 0.6) is 0 Å². The fraction of sp³-hybridized carbons (Fsp3) is 0.394. The van der Waals surface area contributed by atoms with E-state index < -0.39 is 0 Å². The largest absolute Gasteiger partial charge is 0.372 e. The monoisotopic (exact) mass is 551 g/mol. The predicted octanol–water partition coefficient (Wildman–Crippen LogP) is 6.17. The van der Waals surface area contributed by atoms with Crippen molar-refractivity contribution < 1.29 is 4.79 Å². The first kappa shape index (κ1) is 27.1. The van der Waals surface area contributed by atoms with E-state index >= 15 is 0 Å². The number of imidazole rings is 1. The number of aromatic amines is 1. The first-order valence-electron chi connectivity index (χ1n) is 15.1. The number of hydrogen-bond acceptors (Lipinski definition) is 7. The van der Waals surface area contributed by atoms with Gasteiger partial charge in [-0.2, -0.15) is 0 Å². The van der Waals surface area contributed by atoms with Gasteiger partial charge in [-0.25, -0.2) is 4.98 Å².